The quantitative estimate of drug-likeness (QED) is 0.795. The number of phenolic OH excluding ortho intramolecular Hbond substituents is 1. The summed E-state index contributed by atoms with van der Waals surface area (Å²) in [6.07, 6.45) is 0.837. The van der Waals surface area contributed by atoms with E-state index in [0.29, 0.717) is 43.2 Å². The van der Waals surface area contributed by atoms with Gasteiger partial charge in [-0.25, -0.2) is 4.79 Å². The molecular weight excluding hydrogens is 374 g/mol. The lowest BCUT2D eigenvalue weighted by Gasteiger charge is -2.37. The molecule has 156 valence electrons. The molecule has 0 aromatic heterocycles. The molecule has 1 amide bonds. The monoisotopic (exact) mass is 401 g/mol. The number of carbonyl (C=O) groups excluding carboxylic acids is 1. The molecule has 1 atom stereocenters. The second kappa shape index (κ2) is 8.94. The molecule has 2 aromatic carbocycles. The molecule has 0 radical (unpaired) electrons. The molecule has 0 spiro atoms. The number of nitrogens with zero attached hydrogens (tertiary/aromatic N) is 1. The minimum Gasteiger partial charge on any atom is -0.504 e. The molecule has 2 aromatic rings. The molecule has 0 saturated carbocycles. The van der Waals surface area contributed by atoms with Crippen molar-refractivity contribution in [2.75, 3.05) is 34.5 Å². The maximum absolute atomic E-state index is 12.6. The molecule has 3 rings (SSSR count). The van der Waals surface area contributed by atoms with E-state index in [-0.39, 0.29) is 17.9 Å². The van der Waals surface area contributed by atoms with Crippen molar-refractivity contribution in [2.45, 2.75) is 25.8 Å². The smallest absolute Gasteiger partial charge is 0.410 e. The number of ether oxygens (including phenoxy) is 4. The summed E-state index contributed by atoms with van der Waals surface area (Å²) < 4.78 is 21.2. The highest BCUT2D eigenvalue weighted by molar-refractivity contribution is 5.69. The van der Waals surface area contributed by atoms with Crippen LogP contribution in [0.3, 0.4) is 0 Å². The van der Waals surface area contributed by atoms with E-state index in [1.54, 1.807) is 32.1 Å². The van der Waals surface area contributed by atoms with Crippen molar-refractivity contribution >= 4 is 6.09 Å². The highest BCUT2D eigenvalue weighted by Crippen LogP contribution is 2.40. The van der Waals surface area contributed by atoms with Crippen LogP contribution in [0.2, 0.25) is 0 Å². The lowest BCUT2D eigenvalue weighted by Crippen LogP contribution is -2.41. The van der Waals surface area contributed by atoms with Gasteiger partial charge in [0.1, 0.15) is 0 Å². The largest absolute Gasteiger partial charge is 0.504 e. The van der Waals surface area contributed by atoms with Crippen LogP contribution in [0.15, 0.2) is 30.3 Å². The van der Waals surface area contributed by atoms with Crippen LogP contribution in [0, 0.1) is 0 Å². The van der Waals surface area contributed by atoms with Gasteiger partial charge in [-0.15, -0.1) is 0 Å². The van der Waals surface area contributed by atoms with Crippen LogP contribution < -0.4 is 14.2 Å². The van der Waals surface area contributed by atoms with Crippen molar-refractivity contribution in [1.29, 1.82) is 0 Å². The fourth-order valence-corrected chi connectivity index (χ4v) is 3.76. The Hall–Kier alpha value is -3.09. The lowest BCUT2D eigenvalue weighted by molar-refractivity contribution is 0.0863. The minimum absolute atomic E-state index is 0.0503. The first-order valence-electron chi connectivity index (χ1n) is 9.56. The highest BCUT2D eigenvalue weighted by Gasteiger charge is 2.33. The van der Waals surface area contributed by atoms with E-state index in [1.807, 2.05) is 24.3 Å². The van der Waals surface area contributed by atoms with Crippen molar-refractivity contribution in [3.8, 4) is 23.0 Å². The molecular formula is C22H27NO6. The molecule has 1 aliphatic heterocycles. The summed E-state index contributed by atoms with van der Waals surface area (Å²) in [5.41, 5.74) is 2.91. The fraction of sp³-hybridized carbons (Fsp3) is 0.409. The Morgan fingerprint density at radius 1 is 1.07 bits per heavy atom. The Morgan fingerprint density at radius 3 is 2.45 bits per heavy atom. The van der Waals surface area contributed by atoms with Gasteiger partial charge in [0.25, 0.3) is 0 Å². The third-order valence-corrected chi connectivity index (χ3v) is 5.18. The molecule has 1 aliphatic rings. The summed E-state index contributed by atoms with van der Waals surface area (Å²) in [6, 6.07) is 8.94. The first-order valence-corrected chi connectivity index (χ1v) is 9.56. The summed E-state index contributed by atoms with van der Waals surface area (Å²) in [5, 5.41) is 10.3. The van der Waals surface area contributed by atoms with E-state index in [4.69, 9.17) is 18.9 Å². The van der Waals surface area contributed by atoms with E-state index in [0.717, 1.165) is 16.7 Å². The van der Waals surface area contributed by atoms with E-state index >= 15 is 0 Å². The molecule has 29 heavy (non-hydrogen) atoms. The Bertz CT molecular complexity index is 882. The average molecular weight is 401 g/mol. The summed E-state index contributed by atoms with van der Waals surface area (Å²) in [4.78, 5) is 14.3. The fourth-order valence-electron chi connectivity index (χ4n) is 3.76. The molecule has 7 heteroatoms. The Balaban J connectivity index is 2.01. The van der Waals surface area contributed by atoms with Crippen LogP contribution >= 0.6 is 0 Å². The van der Waals surface area contributed by atoms with Crippen LogP contribution in [-0.4, -0.2) is 50.6 Å². The zero-order valence-electron chi connectivity index (χ0n) is 17.2. The molecule has 7 nitrogen and oxygen atoms in total. The number of amides is 1. The molecule has 0 fully saturated rings. The van der Waals surface area contributed by atoms with Crippen molar-refractivity contribution in [3.63, 3.8) is 0 Å². The standard InChI is InChI=1S/C22H27NO6/c1-5-29-22(25)23-9-8-15-12-20(27-3)18(24)13-16(15)17(23)10-14-6-7-19(26-2)21(11-14)28-4/h6-7,11-13,17,24H,5,8-10H2,1-4H3. The Labute approximate surface area is 170 Å². The number of benzene rings is 2. The second-order valence-electron chi connectivity index (χ2n) is 6.77. The lowest BCUT2D eigenvalue weighted by atomic mass is 9.88. The predicted molar refractivity (Wildman–Crippen MR) is 108 cm³/mol. The van der Waals surface area contributed by atoms with Crippen LogP contribution in [0.25, 0.3) is 0 Å². The number of hydrogen-bond acceptors (Lipinski definition) is 6. The molecule has 0 bridgehead atoms. The van der Waals surface area contributed by atoms with Crippen molar-refractivity contribution in [1.82, 2.24) is 4.90 Å². The zero-order chi connectivity index (χ0) is 21.0. The van der Waals surface area contributed by atoms with Crippen LogP contribution in [0.5, 0.6) is 23.0 Å². The van der Waals surface area contributed by atoms with E-state index < -0.39 is 0 Å². The summed E-state index contributed by atoms with van der Waals surface area (Å²) in [7, 11) is 4.71. The first-order chi connectivity index (χ1) is 14.0. The van der Waals surface area contributed by atoms with Gasteiger partial charge >= 0.3 is 6.09 Å². The van der Waals surface area contributed by atoms with E-state index in [1.165, 1.54) is 7.11 Å². The van der Waals surface area contributed by atoms with Crippen molar-refractivity contribution in [2.24, 2.45) is 0 Å². The van der Waals surface area contributed by atoms with Crippen LogP contribution in [0.1, 0.15) is 29.7 Å². The molecule has 0 aliphatic carbocycles. The average Bonchev–Trinajstić information content (AvgIpc) is 2.73. The first kappa shape index (κ1) is 20.6. The number of methoxy groups -OCH3 is 3. The Morgan fingerprint density at radius 2 is 1.79 bits per heavy atom. The maximum atomic E-state index is 12.6. The number of rotatable bonds is 6. The third-order valence-electron chi connectivity index (χ3n) is 5.18. The Kier molecular flexibility index (Phi) is 6.36. The normalized spacial score (nSPS) is 15.4. The topological polar surface area (TPSA) is 77.5 Å². The number of aromatic hydroxyl groups is 1. The third kappa shape index (κ3) is 4.18. The van der Waals surface area contributed by atoms with E-state index in [2.05, 4.69) is 0 Å². The van der Waals surface area contributed by atoms with Gasteiger partial charge in [-0.1, -0.05) is 6.07 Å². The van der Waals surface area contributed by atoms with Gasteiger partial charge in [0.05, 0.1) is 34.0 Å². The van der Waals surface area contributed by atoms with Crippen LogP contribution in [-0.2, 0) is 17.6 Å². The zero-order valence-corrected chi connectivity index (χ0v) is 17.2. The number of fused-ring (bicyclic) bond motifs is 1. The molecule has 1 heterocycles. The van der Waals surface area contributed by atoms with Crippen molar-refractivity contribution < 1.29 is 28.8 Å². The summed E-state index contributed by atoms with van der Waals surface area (Å²) in [6.45, 7) is 2.62. The maximum Gasteiger partial charge on any atom is 0.410 e. The van der Waals surface area contributed by atoms with Gasteiger partial charge in [0.15, 0.2) is 23.0 Å². The van der Waals surface area contributed by atoms with Gasteiger partial charge < -0.3 is 29.0 Å². The SMILES string of the molecule is CCOC(=O)N1CCc2cc(OC)c(O)cc2C1Cc1ccc(OC)c(OC)c1. The second-order valence-corrected chi connectivity index (χ2v) is 6.77. The summed E-state index contributed by atoms with van der Waals surface area (Å²) in [5.74, 6) is 1.75. The summed E-state index contributed by atoms with van der Waals surface area (Å²) >= 11 is 0. The van der Waals surface area contributed by atoms with E-state index in [9.17, 15) is 9.90 Å². The molecule has 1 unspecified atom stereocenters. The number of phenols is 1. The van der Waals surface area contributed by atoms with Gasteiger partial charge in [0, 0.05) is 6.54 Å². The van der Waals surface area contributed by atoms with Crippen LogP contribution in [0.4, 0.5) is 4.79 Å². The molecule has 0 saturated heterocycles. The van der Waals surface area contributed by atoms with Crippen molar-refractivity contribution in [3.05, 3.63) is 47.0 Å². The van der Waals surface area contributed by atoms with Gasteiger partial charge in [-0.2, -0.15) is 0 Å². The number of hydrogen-bond donors (Lipinski definition) is 1. The predicted octanol–water partition coefficient (Wildman–Crippen LogP) is 3.72. The van der Waals surface area contributed by atoms with Gasteiger partial charge in [0.2, 0.25) is 0 Å². The minimum atomic E-state index is -0.362. The van der Waals surface area contributed by atoms with Gasteiger partial charge in [-0.3, -0.25) is 0 Å². The van der Waals surface area contributed by atoms with Gasteiger partial charge in [-0.05, 0) is 60.7 Å². The highest BCUT2D eigenvalue weighted by atomic mass is 16.6. The molecule has 1 N–H and O–H groups in total. The number of carbonyl (C=O) groups is 1.